The Kier molecular flexibility index (Phi) is 7.90. The standard InChI is InChI=1S/C21H23N3O5/c1-14(25)23-18(15-6-4-3-5-7-15)12-20(27)29-13-19(26)24-17-10-8-16(9-11-17)21(28)22-2/h3-11,18H,12-13H2,1-2H3,(H,22,28)(H,23,25)(H,24,26)/t18-/m1/s1. The van der Waals surface area contributed by atoms with Gasteiger partial charge in [0.2, 0.25) is 5.91 Å². The number of hydrogen-bond acceptors (Lipinski definition) is 5. The first kappa shape index (κ1) is 21.6. The lowest BCUT2D eigenvalue weighted by atomic mass is 10.0. The molecular formula is C21H23N3O5. The number of ether oxygens (including phenoxy) is 1. The lowest BCUT2D eigenvalue weighted by molar-refractivity contribution is -0.148. The Labute approximate surface area is 168 Å². The van der Waals surface area contributed by atoms with Crippen molar-refractivity contribution in [2.75, 3.05) is 19.0 Å². The van der Waals surface area contributed by atoms with E-state index in [4.69, 9.17) is 4.74 Å². The molecule has 0 saturated heterocycles. The molecule has 0 fully saturated rings. The third-order valence-corrected chi connectivity index (χ3v) is 3.97. The van der Waals surface area contributed by atoms with E-state index in [9.17, 15) is 19.2 Å². The average Bonchev–Trinajstić information content (AvgIpc) is 2.72. The summed E-state index contributed by atoms with van der Waals surface area (Å²) in [6, 6.07) is 14.8. The topological polar surface area (TPSA) is 114 Å². The van der Waals surface area contributed by atoms with Gasteiger partial charge < -0.3 is 20.7 Å². The molecule has 0 aliphatic heterocycles. The van der Waals surface area contributed by atoms with E-state index in [1.165, 1.54) is 14.0 Å². The predicted molar refractivity (Wildman–Crippen MR) is 107 cm³/mol. The maximum Gasteiger partial charge on any atom is 0.308 e. The molecular weight excluding hydrogens is 374 g/mol. The number of rotatable bonds is 8. The van der Waals surface area contributed by atoms with Crippen molar-refractivity contribution in [3.8, 4) is 0 Å². The molecule has 0 spiro atoms. The van der Waals surface area contributed by atoms with Crippen LogP contribution in [0.4, 0.5) is 5.69 Å². The van der Waals surface area contributed by atoms with Crippen LogP contribution in [0.25, 0.3) is 0 Å². The zero-order valence-electron chi connectivity index (χ0n) is 16.2. The summed E-state index contributed by atoms with van der Waals surface area (Å²) in [5, 5.41) is 7.79. The van der Waals surface area contributed by atoms with Crippen LogP contribution in [0.2, 0.25) is 0 Å². The summed E-state index contributed by atoms with van der Waals surface area (Å²) >= 11 is 0. The molecule has 1 atom stereocenters. The smallest absolute Gasteiger partial charge is 0.308 e. The van der Waals surface area contributed by atoms with Gasteiger partial charge in [0.25, 0.3) is 11.8 Å². The zero-order valence-corrected chi connectivity index (χ0v) is 16.2. The van der Waals surface area contributed by atoms with E-state index in [-0.39, 0.29) is 18.2 Å². The molecule has 0 unspecified atom stereocenters. The number of nitrogens with one attached hydrogen (secondary N) is 3. The van der Waals surface area contributed by atoms with Gasteiger partial charge in [-0.25, -0.2) is 0 Å². The number of benzene rings is 2. The number of carbonyl (C=O) groups is 4. The average molecular weight is 397 g/mol. The molecule has 152 valence electrons. The predicted octanol–water partition coefficient (Wildman–Crippen LogP) is 1.80. The van der Waals surface area contributed by atoms with Gasteiger partial charge in [0, 0.05) is 25.2 Å². The van der Waals surface area contributed by atoms with Crippen LogP contribution in [0.3, 0.4) is 0 Å². The number of carbonyl (C=O) groups excluding carboxylic acids is 4. The lowest BCUT2D eigenvalue weighted by Gasteiger charge is -2.17. The number of amides is 3. The van der Waals surface area contributed by atoms with Crippen molar-refractivity contribution in [1.82, 2.24) is 10.6 Å². The highest BCUT2D eigenvalue weighted by Gasteiger charge is 2.18. The molecule has 8 nitrogen and oxygen atoms in total. The molecule has 0 aliphatic carbocycles. The van der Waals surface area contributed by atoms with Gasteiger partial charge in [0.15, 0.2) is 6.61 Å². The SMILES string of the molecule is CNC(=O)c1ccc(NC(=O)COC(=O)C[C@@H](NC(C)=O)c2ccccc2)cc1. The van der Waals surface area contributed by atoms with Crippen molar-refractivity contribution < 1.29 is 23.9 Å². The monoisotopic (exact) mass is 397 g/mol. The normalized spacial score (nSPS) is 11.1. The third-order valence-electron chi connectivity index (χ3n) is 3.97. The van der Waals surface area contributed by atoms with E-state index in [0.29, 0.717) is 11.3 Å². The zero-order chi connectivity index (χ0) is 21.2. The van der Waals surface area contributed by atoms with Crippen LogP contribution >= 0.6 is 0 Å². The minimum Gasteiger partial charge on any atom is -0.455 e. The van der Waals surface area contributed by atoms with Gasteiger partial charge >= 0.3 is 5.97 Å². The van der Waals surface area contributed by atoms with Crippen LogP contribution in [-0.4, -0.2) is 37.3 Å². The Hall–Kier alpha value is -3.68. The maximum atomic E-state index is 12.1. The second kappa shape index (κ2) is 10.6. The van der Waals surface area contributed by atoms with E-state index < -0.39 is 24.5 Å². The molecule has 2 rings (SSSR count). The van der Waals surface area contributed by atoms with Crippen molar-refractivity contribution in [2.45, 2.75) is 19.4 Å². The second-order valence-corrected chi connectivity index (χ2v) is 6.23. The van der Waals surface area contributed by atoms with Gasteiger partial charge in [-0.05, 0) is 29.8 Å². The highest BCUT2D eigenvalue weighted by molar-refractivity contribution is 5.96. The van der Waals surface area contributed by atoms with E-state index in [0.717, 1.165) is 5.56 Å². The van der Waals surface area contributed by atoms with Gasteiger partial charge in [0.1, 0.15) is 0 Å². The first-order chi connectivity index (χ1) is 13.9. The summed E-state index contributed by atoms with van der Waals surface area (Å²) in [6.45, 7) is 0.905. The van der Waals surface area contributed by atoms with Gasteiger partial charge in [-0.1, -0.05) is 30.3 Å². The van der Waals surface area contributed by atoms with Crippen LogP contribution < -0.4 is 16.0 Å². The molecule has 0 saturated carbocycles. The number of hydrogen-bond donors (Lipinski definition) is 3. The van der Waals surface area contributed by atoms with Crippen molar-refractivity contribution in [3.63, 3.8) is 0 Å². The van der Waals surface area contributed by atoms with Gasteiger partial charge in [0.05, 0.1) is 12.5 Å². The molecule has 0 bridgehead atoms. The van der Waals surface area contributed by atoms with Crippen LogP contribution in [-0.2, 0) is 19.1 Å². The summed E-state index contributed by atoms with van der Waals surface area (Å²) in [7, 11) is 1.53. The fourth-order valence-corrected chi connectivity index (χ4v) is 2.60. The highest BCUT2D eigenvalue weighted by atomic mass is 16.5. The minimum atomic E-state index is -0.613. The Morgan fingerprint density at radius 1 is 0.966 bits per heavy atom. The Morgan fingerprint density at radius 2 is 1.62 bits per heavy atom. The van der Waals surface area contributed by atoms with E-state index >= 15 is 0 Å². The minimum absolute atomic E-state index is 0.0995. The summed E-state index contributed by atoms with van der Waals surface area (Å²) < 4.78 is 5.02. The first-order valence-electron chi connectivity index (χ1n) is 8.98. The Morgan fingerprint density at radius 3 is 2.21 bits per heavy atom. The van der Waals surface area contributed by atoms with Gasteiger partial charge in [-0.15, -0.1) is 0 Å². The molecule has 0 aromatic heterocycles. The fraction of sp³-hybridized carbons (Fsp3) is 0.238. The quantitative estimate of drug-likeness (QED) is 0.588. The summed E-state index contributed by atoms with van der Waals surface area (Å²) in [5.41, 5.74) is 1.70. The fourth-order valence-electron chi connectivity index (χ4n) is 2.60. The molecule has 8 heteroatoms. The van der Waals surface area contributed by atoms with Crippen molar-refractivity contribution >= 4 is 29.4 Å². The lowest BCUT2D eigenvalue weighted by Crippen LogP contribution is -2.29. The molecule has 29 heavy (non-hydrogen) atoms. The van der Waals surface area contributed by atoms with E-state index in [1.807, 2.05) is 6.07 Å². The van der Waals surface area contributed by atoms with Gasteiger partial charge in [-0.2, -0.15) is 0 Å². The highest BCUT2D eigenvalue weighted by Crippen LogP contribution is 2.17. The van der Waals surface area contributed by atoms with Crippen molar-refractivity contribution in [1.29, 1.82) is 0 Å². The van der Waals surface area contributed by atoms with E-state index in [1.54, 1.807) is 48.5 Å². The van der Waals surface area contributed by atoms with E-state index in [2.05, 4.69) is 16.0 Å². The molecule has 0 aliphatic rings. The molecule has 3 amide bonds. The van der Waals surface area contributed by atoms with Gasteiger partial charge in [-0.3, -0.25) is 19.2 Å². The molecule has 0 radical (unpaired) electrons. The number of esters is 1. The third kappa shape index (κ3) is 7.10. The molecule has 2 aromatic rings. The molecule has 2 aromatic carbocycles. The molecule has 0 heterocycles. The maximum absolute atomic E-state index is 12.1. The van der Waals surface area contributed by atoms with Crippen molar-refractivity contribution in [3.05, 3.63) is 65.7 Å². The summed E-state index contributed by atoms with van der Waals surface area (Å²) in [6.07, 6.45) is -0.0995. The molecule has 3 N–H and O–H groups in total. The van der Waals surface area contributed by atoms with Crippen LogP contribution in [0.5, 0.6) is 0 Å². The number of anilines is 1. The Balaban J connectivity index is 1.86. The second-order valence-electron chi connectivity index (χ2n) is 6.23. The first-order valence-corrected chi connectivity index (χ1v) is 8.98. The van der Waals surface area contributed by atoms with Crippen molar-refractivity contribution in [2.24, 2.45) is 0 Å². The van der Waals surface area contributed by atoms with Crippen LogP contribution in [0.15, 0.2) is 54.6 Å². The largest absolute Gasteiger partial charge is 0.455 e. The summed E-state index contributed by atoms with van der Waals surface area (Å²) in [5.74, 6) is -1.63. The van der Waals surface area contributed by atoms with Crippen LogP contribution in [0.1, 0.15) is 35.3 Å². The van der Waals surface area contributed by atoms with Crippen LogP contribution in [0, 0.1) is 0 Å². The Bertz CT molecular complexity index is 866. The summed E-state index contributed by atoms with van der Waals surface area (Å²) in [4.78, 5) is 47.0.